The van der Waals surface area contributed by atoms with Gasteiger partial charge in [0.1, 0.15) is 10.4 Å². The molecule has 10 heteroatoms. The van der Waals surface area contributed by atoms with Crippen molar-refractivity contribution in [2.24, 2.45) is 0 Å². The van der Waals surface area contributed by atoms with E-state index in [0.29, 0.717) is 40.2 Å². The minimum atomic E-state index is -0.319. The number of ether oxygens (including phenoxy) is 1. The Morgan fingerprint density at radius 2 is 1.82 bits per heavy atom. The van der Waals surface area contributed by atoms with Crippen LogP contribution < -0.4 is 20.7 Å². The molecule has 5 aromatic rings. The van der Waals surface area contributed by atoms with Crippen LogP contribution in [0.3, 0.4) is 0 Å². The van der Waals surface area contributed by atoms with E-state index in [9.17, 15) is 9.59 Å². The van der Waals surface area contributed by atoms with Crippen LogP contribution in [-0.2, 0) is 11.2 Å². The number of nitrogens with one attached hydrogen (secondary N) is 3. The maximum absolute atomic E-state index is 12.8. The van der Waals surface area contributed by atoms with E-state index >= 15 is 0 Å². The number of pyridine rings is 1. The van der Waals surface area contributed by atoms with Gasteiger partial charge in [0.15, 0.2) is 0 Å². The van der Waals surface area contributed by atoms with E-state index in [1.165, 1.54) is 17.4 Å². The van der Waals surface area contributed by atoms with Gasteiger partial charge < -0.3 is 20.7 Å². The minimum absolute atomic E-state index is 0.289. The molecule has 2 aromatic carbocycles. The smallest absolute Gasteiger partial charge is 0.255 e. The Hall–Kier alpha value is -5.35. The largest absolute Gasteiger partial charge is 0.436 e. The summed E-state index contributed by atoms with van der Waals surface area (Å²) in [6, 6.07) is 17.7. The number of carbonyl (C=O) groups is 2. The SMILES string of the molecule is C=CC(=O)Nc1ccc(C(=O)Nc2cccc(Nc3nc(Oc4cnc5c(c4)C=CC5)c4sccc4n3)c2)cc1. The van der Waals surface area contributed by atoms with Crippen molar-refractivity contribution in [3.8, 4) is 11.6 Å². The van der Waals surface area contributed by atoms with Crippen LogP contribution in [0.4, 0.5) is 23.0 Å². The molecule has 3 heterocycles. The lowest BCUT2D eigenvalue weighted by Crippen LogP contribution is -2.12. The predicted octanol–water partition coefficient (Wildman–Crippen LogP) is 6.57. The lowest BCUT2D eigenvalue weighted by atomic mass is 10.2. The van der Waals surface area contributed by atoms with Gasteiger partial charge in [0.2, 0.25) is 17.7 Å². The zero-order valence-corrected chi connectivity index (χ0v) is 21.9. The molecule has 0 bridgehead atoms. The molecule has 0 fully saturated rings. The normalized spacial score (nSPS) is 11.6. The van der Waals surface area contributed by atoms with Gasteiger partial charge in [0, 0.05) is 29.0 Å². The van der Waals surface area contributed by atoms with Crippen LogP contribution in [0, 0.1) is 0 Å². The van der Waals surface area contributed by atoms with Crippen molar-refractivity contribution in [3.63, 3.8) is 0 Å². The second-order valence-corrected chi connectivity index (χ2v) is 9.75. The van der Waals surface area contributed by atoms with Crippen LogP contribution >= 0.6 is 11.3 Å². The number of hydrogen-bond donors (Lipinski definition) is 3. The van der Waals surface area contributed by atoms with Crippen LogP contribution in [-0.4, -0.2) is 26.8 Å². The molecule has 0 spiro atoms. The van der Waals surface area contributed by atoms with Crippen LogP contribution in [0.1, 0.15) is 21.6 Å². The Labute approximate surface area is 233 Å². The number of benzene rings is 2. The van der Waals surface area contributed by atoms with Gasteiger partial charge in [-0.05, 0) is 71.6 Å². The molecule has 3 aromatic heterocycles. The zero-order chi connectivity index (χ0) is 27.5. The summed E-state index contributed by atoms with van der Waals surface area (Å²) in [7, 11) is 0. The fourth-order valence-corrected chi connectivity index (χ4v) is 4.89. The number of hydrogen-bond acceptors (Lipinski definition) is 8. The number of amides is 2. The first kappa shape index (κ1) is 25.0. The van der Waals surface area contributed by atoms with Gasteiger partial charge in [0.25, 0.3) is 5.91 Å². The Morgan fingerprint density at radius 1 is 0.975 bits per heavy atom. The second-order valence-electron chi connectivity index (χ2n) is 8.83. The van der Waals surface area contributed by atoms with Gasteiger partial charge in [-0.3, -0.25) is 14.6 Å². The van der Waals surface area contributed by atoms with Gasteiger partial charge >= 0.3 is 0 Å². The molecule has 0 unspecified atom stereocenters. The van der Waals surface area contributed by atoms with Crippen molar-refractivity contribution < 1.29 is 14.3 Å². The summed E-state index contributed by atoms with van der Waals surface area (Å²) in [5, 5.41) is 10.7. The van der Waals surface area contributed by atoms with Crippen molar-refractivity contribution in [2.75, 3.05) is 16.0 Å². The maximum atomic E-state index is 12.8. The monoisotopic (exact) mass is 546 g/mol. The standard InChI is InChI=1S/C30H22N6O3S/c1-2-26(37)32-20-11-9-18(10-12-20)28(38)33-21-6-4-7-22(16-21)34-30-35-25-13-14-40-27(25)29(36-30)39-23-15-19-5-3-8-24(19)31-17-23/h2-7,9-17H,1,8H2,(H,32,37)(H,33,38)(H,34,35,36). The Kier molecular flexibility index (Phi) is 6.73. The Morgan fingerprint density at radius 3 is 2.67 bits per heavy atom. The summed E-state index contributed by atoms with van der Waals surface area (Å²) in [6.07, 6.45) is 7.82. The van der Waals surface area contributed by atoms with E-state index in [1.807, 2.05) is 35.7 Å². The first-order valence-electron chi connectivity index (χ1n) is 12.3. The predicted molar refractivity (Wildman–Crippen MR) is 157 cm³/mol. The minimum Gasteiger partial charge on any atom is -0.436 e. The summed E-state index contributed by atoms with van der Waals surface area (Å²) in [4.78, 5) is 38.0. The molecule has 0 atom stereocenters. The number of thiophene rings is 1. The van der Waals surface area contributed by atoms with Crippen LogP contribution in [0.15, 0.2) is 91.0 Å². The molecule has 196 valence electrons. The number of rotatable bonds is 8. The third-order valence-electron chi connectivity index (χ3n) is 6.05. The van der Waals surface area contributed by atoms with Crippen molar-refractivity contribution in [1.29, 1.82) is 0 Å². The van der Waals surface area contributed by atoms with E-state index in [0.717, 1.165) is 27.9 Å². The highest BCUT2D eigenvalue weighted by Crippen LogP contribution is 2.34. The van der Waals surface area contributed by atoms with Gasteiger partial charge in [-0.25, -0.2) is 4.98 Å². The molecular weight excluding hydrogens is 524 g/mol. The average molecular weight is 547 g/mol. The fraction of sp³-hybridized carbons (Fsp3) is 0.0333. The second kappa shape index (κ2) is 10.8. The summed E-state index contributed by atoms with van der Waals surface area (Å²) >= 11 is 1.50. The van der Waals surface area contributed by atoms with Crippen LogP contribution in [0.5, 0.6) is 11.6 Å². The zero-order valence-electron chi connectivity index (χ0n) is 21.0. The highest BCUT2D eigenvalue weighted by molar-refractivity contribution is 7.17. The summed E-state index contributed by atoms with van der Waals surface area (Å²) in [6.45, 7) is 3.43. The van der Waals surface area contributed by atoms with E-state index in [4.69, 9.17) is 4.74 Å². The molecule has 40 heavy (non-hydrogen) atoms. The number of anilines is 4. The average Bonchev–Trinajstić information content (AvgIpc) is 3.63. The summed E-state index contributed by atoms with van der Waals surface area (Å²) < 4.78 is 6.98. The molecule has 9 nitrogen and oxygen atoms in total. The highest BCUT2D eigenvalue weighted by Gasteiger charge is 2.15. The highest BCUT2D eigenvalue weighted by atomic mass is 32.1. The number of nitrogens with zero attached hydrogens (tertiary/aromatic N) is 3. The topological polar surface area (TPSA) is 118 Å². The molecule has 2 amide bonds. The number of allylic oxidation sites excluding steroid dienone is 1. The Balaban J connectivity index is 1.18. The molecule has 3 N–H and O–H groups in total. The third-order valence-corrected chi connectivity index (χ3v) is 6.94. The summed E-state index contributed by atoms with van der Waals surface area (Å²) in [5.74, 6) is 0.785. The van der Waals surface area contributed by atoms with Crippen molar-refractivity contribution >= 4 is 62.5 Å². The number of fused-ring (bicyclic) bond motifs is 2. The maximum Gasteiger partial charge on any atom is 0.255 e. The van der Waals surface area contributed by atoms with Gasteiger partial charge in [0.05, 0.1) is 17.4 Å². The first-order valence-corrected chi connectivity index (χ1v) is 13.2. The van der Waals surface area contributed by atoms with E-state index in [-0.39, 0.29) is 11.8 Å². The molecule has 6 rings (SSSR count). The molecule has 0 saturated carbocycles. The van der Waals surface area contributed by atoms with Gasteiger partial charge in [-0.15, -0.1) is 11.3 Å². The number of carbonyl (C=O) groups excluding carboxylic acids is 2. The van der Waals surface area contributed by atoms with Crippen molar-refractivity contribution in [2.45, 2.75) is 6.42 Å². The van der Waals surface area contributed by atoms with Gasteiger partial charge in [-0.2, -0.15) is 4.98 Å². The molecule has 0 aliphatic heterocycles. The van der Waals surface area contributed by atoms with Crippen molar-refractivity contribution in [1.82, 2.24) is 15.0 Å². The van der Waals surface area contributed by atoms with E-state index in [1.54, 1.807) is 42.6 Å². The Bertz CT molecular complexity index is 1800. The lowest BCUT2D eigenvalue weighted by molar-refractivity contribution is -0.111. The first-order chi connectivity index (χ1) is 19.5. The van der Waals surface area contributed by atoms with Crippen molar-refractivity contribution in [3.05, 3.63) is 108 Å². The summed E-state index contributed by atoms with van der Waals surface area (Å²) in [5.41, 5.74) is 5.11. The molecule has 0 radical (unpaired) electrons. The third kappa shape index (κ3) is 5.42. The van der Waals surface area contributed by atoms with E-state index in [2.05, 4.69) is 43.6 Å². The fourth-order valence-electron chi connectivity index (χ4n) is 4.14. The van der Waals surface area contributed by atoms with E-state index < -0.39 is 0 Å². The lowest BCUT2D eigenvalue weighted by Gasteiger charge is -2.11. The molecular formula is C30H22N6O3S. The quantitative estimate of drug-likeness (QED) is 0.188. The van der Waals surface area contributed by atoms with Crippen LogP contribution in [0.2, 0.25) is 0 Å². The molecule has 1 aliphatic rings. The van der Waals surface area contributed by atoms with Gasteiger partial charge in [-0.1, -0.05) is 24.8 Å². The van der Waals surface area contributed by atoms with Crippen LogP contribution in [0.25, 0.3) is 16.3 Å². The molecule has 0 saturated heterocycles. The number of aromatic nitrogens is 3. The molecule has 1 aliphatic carbocycles.